The molecule has 12 nitrogen and oxygen atoms in total. The first-order valence-electron chi connectivity index (χ1n) is 11.7. The molecule has 0 heterocycles. The lowest BCUT2D eigenvalue weighted by Crippen LogP contribution is -2.19. The van der Waals surface area contributed by atoms with E-state index >= 15 is 0 Å². The van der Waals surface area contributed by atoms with Crippen LogP contribution in [-0.4, -0.2) is 45.6 Å². The fraction of sp³-hybridized carbons (Fsp3) is 0.154. The number of carbonyl (C=O) groups excluding carboxylic acids is 2. The van der Waals surface area contributed by atoms with E-state index in [1.54, 1.807) is 48.5 Å². The number of rotatable bonds is 14. The van der Waals surface area contributed by atoms with Crippen molar-refractivity contribution in [2.45, 2.75) is 11.5 Å². The molecule has 0 fully saturated rings. The van der Waals surface area contributed by atoms with Crippen LogP contribution in [0.5, 0.6) is 0 Å². The van der Waals surface area contributed by atoms with Crippen LogP contribution in [0.2, 0.25) is 0 Å². The molecule has 3 rings (SSSR count). The second-order valence-corrected chi connectivity index (χ2v) is 10.1. The Labute approximate surface area is 237 Å². The first-order chi connectivity index (χ1) is 19.3. The summed E-state index contributed by atoms with van der Waals surface area (Å²) in [7, 11) is 0. The minimum absolute atomic E-state index is 0.0256. The van der Waals surface area contributed by atoms with Crippen LogP contribution in [0.1, 0.15) is 22.3 Å². The van der Waals surface area contributed by atoms with Gasteiger partial charge < -0.3 is 0 Å². The number of hydrogen-bond donors (Lipinski definition) is 2. The second kappa shape index (κ2) is 15.8. The van der Waals surface area contributed by atoms with E-state index in [0.717, 1.165) is 22.3 Å². The lowest BCUT2D eigenvalue weighted by atomic mass is 10.2. The Bertz CT molecular complexity index is 1270. The Morgan fingerprint density at radius 2 is 1.00 bits per heavy atom. The number of nitrogens with one attached hydrogen (secondary N) is 2. The summed E-state index contributed by atoms with van der Waals surface area (Å²) in [4.78, 5) is 44.4. The SMILES string of the molecule is O=C(CSCc1ccc([N+](=O)[O-])cc1)N/N=C/c1ccc(/C=N/NC(=O)CSCc2ccc([N+](=O)[O-])cc2)cc1. The van der Waals surface area contributed by atoms with Gasteiger partial charge in [0.15, 0.2) is 0 Å². The van der Waals surface area contributed by atoms with Crippen molar-refractivity contribution in [1.29, 1.82) is 0 Å². The number of carbonyl (C=O) groups is 2. The third kappa shape index (κ3) is 10.7. The third-order valence-corrected chi connectivity index (χ3v) is 7.05. The summed E-state index contributed by atoms with van der Waals surface area (Å²) in [5.41, 5.74) is 8.23. The fourth-order valence-corrected chi connectivity index (χ4v) is 4.60. The first kappa shape index (κ1) is 30.0. The number of non-ortho nitro benzene ring substituents is 2. The highest BCUT2D eigenvalue weighted by Gasteiger charge is 2.06. The van der Waals surface area contributed by atoms with Gasteiger partial charge in [-0.2, -0.15) is 10.2 Å². The number of thioether (sulfide) groups is 2. The Hall–Kier alpha value is -4.56. The largest absolute Gasteiger partial charge is 0.272 e. The quantitative estimate of drug-likeness (QED) is 0.162. The number of hydrazone groups is 2. The Balaban J connectivity index is 1.31. The van der Waals surface area contributed by atoms with E-state index in [0.29, 0.717) is 11.5 Å². The minimum atomic E-state index is -0.458. The number of benzene rings is 3. The third-order valence-electron chi connectivity index (χ3n) is 5.04. The molecule has 40 heavy (non-hydrogen) atoms. The summed E-state index contributed by atoms with van der Waals surface area (Å²) in [5, 5.41) is 29.2. The predicted octanol–water partition coefficient (Wildman–Crippen LogP) is 4.27. The van der Waals surface area contributed by atoms with Crippen LogP contribution in [0.4, 0.5) is 11.4 Å². The van der Waals surface area contributed by atoms with Gasteiger partial charge in [0.1, 0.15) is 0 Å². The molecule has 2 amide bonds. The van der Waals surface area contributed by atoms with Gasteiger partial charge in [-0.3, -0.25) is 29.8 Å². The number of nitro benzene ring substituents is 2. The average molecular weight is 581 g/mol. The average Bonchev–Trinajstić information content (AvgIpc) is 2.94. The van der Waals surface area contributed by atoms with E-state index in [-0.39, 0.29) is 34.7 Å². The van der Waals surface area contributed by atoms with Crippen LogP contribution in [0, 0.1) is 20.2 Å². The number of nitro groups is 2. The summed E-state index contributed by atoms with van der Waals surface area (Å²) >= 11 is 2.74. The highest BCUT2D eigenvalue weighted by atomic mass is 32.2. The number of hydrogen-bond acceptors (Lipinski definition) is 10. The van der Waals surface area contributed by atoms with Gasteiger partial charge in [0.2, 0.25) is 11.8 Å². The molecule has 0 spiro atoms. The van der Waals surface area contributed by atoms with Crippen molar-refractivity contribution in [2.24, 2.45) is 10.2 Å². The molecule has 206 valence electrons. The van der Waals surface area contributed by atoms with E-state index in [1.807, 2.05) is 0 Å². The van der Waals surface area contributed by atoms with E-state index in [1.165, 1.54) is 60.2 Å². The van der Waals surface area contributed by atoms with Crippen molar-refractivity contribution in [3.05, 3.63) is 115 Å². The molecule has 0 saturated carbocycles. The van der Waals surface area contributed by atoms with E-state index in [2.05, 4.69) is 21.1 Å². The van der Waals surface area contributed by atoms with Gasteiger partial charge in [0, 0.05) is 35.8 Å². The first-order valence-corrected chi connectivity index (χ1v) is 14.0. The van der Waals surface area contributed by atoms with Crippen molar-refractivity contribution in [3.63, 3.8) is 0 Å². The lowest BCUT2D eigenvalue weighted by molar-refractivity contribution is -0.385. The van der Waals surface area contributed by atoms with Gasteiger partial charge in [-0.1, -0.05) is 48.5 Å². The normalized spacial score (nSPS) is 11.0. The summed E-state index contributed by atoms with van der Waals surface area (Å²) in [6.07, 6.45) is 3.01. The molecule has 3 aromatic rings. The predicted molar refractivity (Wildman–Crippen MR) is 156 cm³/mol. The highest BCUT2D eigenvalue weighted by Crippen LogP contribution is 2.17. The van der Waals surface area contributed by atoms with Crippen molar-refractivity contribution in [3.8, 4) is 0 Å². The molecule has 0 radical (unpaired) electrons. The fourth-order valence-electron chi connectivity index (χ4n) is 3.04. The molecule has 0 aliphatic carbocycles. The smallest absolute Gasteiger partial charge is 0.269 e. The van der Waals surface area contributed by atoms with Crippen LogP contribution < -0.4 is 10.9 Å². The Morgan fingerprint density at radius 3 is 1.32 bits per heavy atom. The summed E-state index contributed by atoms with van der Waals surface area (Å²) < 4.78 is 0. The maximum atomic E-state index is 12.0. The van der Waals surface area contributed by atoms with Crippen molar-refractivity contribution in [2.75, 3.05) is 11.5 Å². The molecule has 0 aliphatic rings. The van der Waals surface area contributed by atoms with Gasteiger partial charge in [-0.05, 0) is 22.3 Å². The molecule has 2 N–H and O–H groups in total. The van der Waals surface area contributed by atoms with Crippen molar-refractivity contribution in [1.82, 2.24) is 10.9 Å². The van der Waals surface area contributed by atoms with Gasteiger partial charge in [-0.25, -0.2) is 10.9 Å². The molecule has 14 heteroatoms. The van der Waals surface area contributed by atoms with E-state index in [9.17, 15) is 29.8 Å². The zero-order valence-corrected chi connectivity index (χ0v) is 22.6. The maximum absolute atomic E-state index is 12.0. The Kier molecular flexibility index (Phi) is 11.8. The van der Waals surface area contributed by atoms with E-state index in [4.69, 9.17) is 0 Å². The molecule has 0 atom stereocenters. The van der Waals surface area contributed by atoms with Gasteiger partial charge in [0.25, 0.3) is 11.4 Å². The summed E-state index contributed by atoms with van der Waals surface area (Å²) in [5.74, 6) is 0.914. The van der Waals surface area contributed by atoms with Crippen LogP contribution in [0.3, 0.4) is 0 Å². The highest BCUT2D eigenvalue weighted by molar-refractivity contribution is 7.99. The zero-order chi connectivity index (χ0) is 28.7. The molecule has 0 aliphatic heterocycles. The lowest BCUT2D eigenvalue weighted by Gasteiger charge is -2.02. The minimum Gasteiger partial charge on any atom is -0.272 e. The molecule has 3 aromatic carbocycles. The zero-order valence-electron chi connectivity index (χ0n) is 21.0. The van der Waals surface area contributed by atoms with Gasteiger partial charge >= 0.3 is 0 Å². The van der Waals surface area contributed by atoms with Gasteiger partial charge in [-0.15, -0.1) is 23.5 Å². The molecular weight excluding hydrogens is 556 g/mol. The molecule has 0 bridgehead atoms. The van der Waals surface area contributed by atoms with Crippen LogP contribution in [0.15, 0.2) is 83.0 Å². The summed E-state index contributed by atoms with van der Waals surface area (Å²) in [6, 6.07) is 19.5. The van der Waals surface area contributed by atoms with E-state index < -0.39 is 9.85 Å². The number of amides is 2. The standard InChI is InChI=1S/C26H24N6O6S2/c33-25(17-39-15-21-5-9-23(10-6-21)31(35)36)29-27-13-19-1-2-20(4-3-19)14-28-30-26(34)18-40-16-22-7-11-24(12-8-22)32(37)38/h1-14H,15-18H2,(H,29,33)(H,30,34)/b27-13+,28-14+. The van der Waals surface area contributed by atoms with Gasteiger partial charge in [0.05, 0.1) is 33.8 Å². The number of nitrogens with zero attached hydrogens (tertiary/aromatic N) is 4. The van der Waals surface area contributed by atoms with Crippen LogP contribution >= 0.6 is 23.5 Å². The maximum Gasteiger partial charge on any atom is 0.269 e. The summed E-state index contributed by atoms with van der Waals surface area (Å²) in [6.45, 7) is 0. The molecular formula is C26H24N6O6S2. The molecule has 0 aromatic heterocycles. The van der Waals surface area contributed by atoms with Crippen LogP contribution in [0.25, 0.3) is 0 Å². The Morgan fingerprint density at radius 1 is 0.650 bits per heavy atom. The monoisotopic (exact) mass is 580 g/mol. The van der Waals surface area contributed by atoms with Crippen molar-refractivity contribution < 1.29 is 19.4 Å². The molecule has 0 unspecified atom stereocenters. The van der Waals surface area contributed by atoms with Crippen LogP contribution in [-0.2, 0) is 21.1 Å². The topological polar surface area (TPSA) is 169 Å². The van der Waals surface area contributed by atoms with Crippen molar-refractivity contribution >= 4 is 59.1 Å². The second-order valence-electron chi connectivity index (χ2n) is 8.09. The molecule has 0 saturated heterocycles.